The van der Waals surface area contributed by atoms with Crippen LogP contribution in [0.2, 0.25) is 0 Å². The van der Waals surface area contributed by atoms with Crippen molar-refractivity contribution in [2.75, 3.05) is 27.2 Å². The van der Waals surface area contributed by atoms with E-state index in [1.165, 1.54) is 4.90 Å². The molecule has 1 atom stereocenters. The van der Waals surface area contributed by atoms with Crippen LogP contribution in [-0.2, 0) is 22.6 Å². The van der Waals surface area contributed by atoms with E-state index in [0.29, 0.717) is 36.8 Å². The predicted octanol–water partition coefficient (Wildman–Crippen LogP) is 3.88. The second-order valence-electron chi connectivity index (χ2n) is 8.22. The Labute approximate surface area is 198 Å². The summed E-state index contributed by atoms with van der Waals surface area (Å²) in [5.41, 5.74) is 2.62. The topological polar surface area (TPSA) is 85.1 Å². The average Bonchev–Trinajstić information content (AvgIpc) is 3.40. The first-order valence-electron chi connectivity index (χ1n) is 11.0. The summed E-state index contributed by atoms with van der Waals surface area (Å²) in [7, 11) is 3.77. The fourth-order valence-corrected chi connectivity index (χ4v) is 3.42. The van der Waals surface area contributed by atoms with E-state index in [1.54, 1.807) is 6.26 Å². The molecule has 0 N–H and O–H groups in total. The number of carbonyl (C=O) groups is 2. The molecular weight excluding hydrogens is 434 g/mol. The van der Waals surface area contributed by atoms with Gasteiger partial charge in [-0.3, -0.25) is 4.79 Å². The van der Waals surface area contributed by atoms with Crippen LogP contribution in [0.25, 0.3) is 12.2 Å². The van der Waals surface area contributed by atoms with Gasteiger partial charge >= 0.3 is 6.09 Å². The molecule has 3 aromatic rings. The van der Waals surface area contributed by atoms with E-state index in [1.807, 2.05) is 85.7 Å². The maximum Gasteiger partial charge on any atom is 0.417 e. The highest BCUT2D eigenvalue weighted by molar-refractivity contribution is 6.00. The number of hydrogen-bond donors (Lipinski definition) is 0. The minimum Gasteiger partial charge on any atom is -0.487 e. The molecule has 1 aliphatic rings. The highest BCUT2D eigenvalue weighted by atomic mass is 16.6. The third kappa shape index (κ3) is 6.11. The first-order chi connectivity index (χ1) is 16.5. The molecule has 1 fully saturated rings. The molecule has 176 valence electrons. The summed E-state index contributed by atoms with van der Waals surface area (Å²) in [5.74, 6) is 0.874. The zero-order chi connectivity index (χ0) is 23.9. The summed E-state index contributed by atoms with van der Waals surface area (Å²) >= 11 is 0. The number of hydrogen-bond acceptors (Lipinski definition) is 7. The van der Waals surface area contributed by atoms with Gasteiger partial charge in [0.25, 0.3) is 5.91 Å². The molecule has 0 saturated carbocycles. The van der Waals surface area contributed by atoms with Crippen LogP contribution in [-0.4, -0.2) is 60.1 Å². The highest BCUT2D eigenvalue weighted by Gasteiger charge is 2.40. The van der Waals surface area contributed by atoms with Crippen LogP contribution < -0.4 is 4.74 Å². The molecule has 8 nitrogen and oxygen atoms in total. The van der Waals surface area contributed by atoms with Crippen LogP contribution in [0.4, 0.5) is 4.79 Å². The van der Waals surface area contributed by atoms with E-state index >= 15 is 0 Å². The van der Waals surface area contributed by atoms with Crippen molar-refractivity contribution in [3.63, 3.8) is 0 Å². The van der Waals surface area contributed by atoms with Crippen molar-refractivity contribution in [1.29, 1.82) is 0 Å². The van der Waals surface area contributed by atoms with Gasteiger partial charge in [-0.2, -0.15) is 0 Å². The number of benzene rings is 2. The van der Waals surface area contributed by atoms with Crippen LogP contribution in [0, 0.1) is 0 Å². The molecule has 0 spiro atoms. The van der Waals surface area contributed by atoms with Crippen molar-refractivity contribution in [3.8, 4) is 5.75 Å². The number of carbonyl (C=O) groups excluding carboxylic acids is 2. The Morgan fingerprint density at radius 3 is 2.56 bits per heavy atom. The predicted molar refractivity (Wildman–Crippen MR) is 127 cm³/mol. The lowest BCUT2D eigenvalue weighted by atomic mass is 10.1. The van der Waals surface area contributed by atoms with E-state index in [0.717, 1.165) is 11.1 Å². The molecule has 1 saturated heterocycles. The van der Waals surface area contributed by atoms with Crippen molar-refractivity contribution >= 4 is 24.2 Å². The van der Waals surface area contributed by atoms with Gasteiger partial charge in [-0.25, -0.2) is 14.7 Å². The smallest absolute Gasteiger partial charge is 0.417 e. The summed E-state index contributed by atoms with van der Waals surface area (Å²) in [6, 6.07) is 17.3. The summed E-state index contributed by atoms with van der Waals surface area (Å²) < 4.78 is 16.5. The number of nitrogens with zero attached hydrogens (tertiary/aromatic N) is 3. The number of cyclic esters (lactones) is 1. The van der Waals surface area contributed by atoms with E-state index in [2.05, 4.69) is 4.98 Å². The Morgan fingerprint density at radius 1 is 1.06 bits per heavy atom. The van der Waals surface area contributed by atoms with Crippen LogP contribution in [0.3, 0.4) is 0 Å². The molecular formula is C26H27N3O5. The zero-order valence-electron chi connectivity index (χ0n) is 19.2. The van der Waals surface area contributed by atoms with Gasteiger partial charge in [0.05, 0.1) is 0 Å². The Morgan fingerprint density at radius 2 is 1.82 bits per heavy atom. The SMILES string of the molecule is CN(C)CCN1C(=O)OC(Cc2ccc(OCc3coc(/C=C/c4ccccc4)n3)cc2)C1=O. The van der Waals surface area contributed by atoms with Gasteiger partial charge in [0.2, 0.25) is 5.89 Å². The Kier molecular flexibility index (Phi) is 7.39. The monoisotopic (exact) mass is 461 g/mol. The number of likely N-dealkylation sites (N-methyl/N-ethyl adjacent to an activating group) is 1. The minimum atomic E-state index is -0.793. The van der Waals surface area contributed by atoms with Crippen LogP contribution in [0.1, 0.15) is 22.7 Å². The third-order valence-corrected chi connectivity index (χ3v) is 5.29. The fraction of sp³-hybridized carbons (Fsp3) is 0.269. The van der Waals surface area contributed by atoms with Crippen molar-refractivity contribution in [1.82, 2.24) is 14.8 Å². The largest absolute Gasteiger partial charge is 0.487 e. The molecule has 2 heterocycles. The van der Waals surface area contributed by atoms with Crippen molar-refractivity contribution < 1.29 is 23.5 Å². The second kappa shape index (κ2) is 10.8. The molecule has 4 rings (SSSR count). The molecule has 2 amide bonds. The standard InChI is InChI=1S/C26H27N3O5/c1-28(2)14-15-29-25(30)23(34-26(29)31)16-20-8-11-22(12-9-20)32-17-21-18-33-24(27-21)13-10-19-6-4-3-5-7-19/h3-13,18,23H,14-17H2,1-2H3/b13-10+. The Bertz CT molecular complexity index is 1140. The van der Waals surface area contributed by atoms with Gasteiger partial charge in [0.1, 0.15) is 24.3 Å². The fourth-order valence-electron chi connectivity index (χ4n) is 3.42. The Balaban J connectivity index is 1.27. The van der Waals surface area contributed by atoms with Crippen LogP contribution >= 0.6 is 0 Å². The Hall–Kier alpha value is -3.91. The molecule has 2 aromatic carbocycles. The lowest BCUT2D eigenvalue weighted by molar-refractivity contribution is -0.129. The van der Waals surface area contributed by atoms with E-state index < -0.39 is 12.2 Å². The number of rotatable bonds is 10. The second-order valence-corrected chi connectivity index (χ2v) is 8.22. The number of ether oxygens (including phenoxy) is 2. The van der Waals surface area contributed by atoms with Gasteiger partial charge in [-0.15, -0.1) is 0 Å². The molecule has 1 aromatic heterocycles. The minimum absolute atomic E-state index is 0.265. The molecule has 0 radical (unpaired) electrons. The first kappa shape index (κ1) is 23.3. The van der Waals surface area contributed by atoms with E-state index in [4.69, 9.17) is 13.9 Å². The molecule has 8 heteroatoms. The summed E-state index contributed by atoms with van der Waals surface area (Å²) in [6.07, 6.45) is 4.27. The van der Waals surface area contributed by atoms with Gasteiger partial charge in [0.15, 0.2) is 6.10 Å². The van der Waals surface area contributed by atoms with E-state index in [9.17, 15) is 9.59 Å². The quantitative estimate of drug-likeness (QED) is 0.453. The van der Waals surface area contributed by atoms with Gasteiger partial charge in [-0.05, 0) is 43.4 Å². The third-order valence-electron chi connectivity index (χ3n) is 5.29. The summed E-state index contributed by atoms with van der Waals surface area (Å²) in [4.78, 5) is 32.0. The van der Waals surface area contributed by atoms with Crippen molar-refractivity contribution in [2.45, 2.75) is 19.1 Å². The molecule has 0 aliphatic carbocycles. The zero-order valence-corrected chi connectivity index (χ0v) is 19.2. The van der Waals surface area contributed by atoms with Crippen LogP contribution in [0.15, 0.2) is 65.3 Å². The summed E-state index contributed by atoms with van der Waals surface area (Å²) in [5, 5.41) is 0. The molecule has 0 bridgehead atoms. The maximum absolute atomic E-state index is 12.5. The highest BCUT2D eigenvalue weighted by Crippen LogP contribution is 2.20. The van der Waals surface area contributed by atoms with Gasteiger partial charge in [-0.1, -0.05) is 42.5 Å². The van der Waals surface area contributed by atoms with E-state index in [-0.39, 0.29) is 12.5 Å². The molecule has 1 aliphatic heterocycles. The van der Waals surface area contributed by atoms with Crippen molar-refractivity contribution in [2.24, 2.45) is 0 Å². The number of oxazole rings is 1. The molecule has 1 unspecified atom stereocenters. The normalized spacial score (nSPS) is 16.0. The first-order valence-corrected chi connectivity index (χ1v) is 11.0. The lowest BCUT2D eigenvalue weighted by Crippen LogP contribution is -2.37. The summed E-state index contributed by atoms with van der Waals surface area (Å²) in [6.45, 7) is 1.18. The van der Waals surface area contributed by atoms with Gasteiger partial charge < -0.3 is 18.8 Å². The van der Waals surface area contributed by atoms with Crippen molar-refractivity contribution in [3.05, 3.63) is 83.6 Å². The van der Waals surface area contributed by atoms with Crippen LogP contribution in [0.5, 0.6) is 5.75 Å². The maximum atomic E-state index is 12.5. The number of aromatic nitrogens is 1. The van der Waals surface area contributed by atoms with Gasteiger partial charge in [0, 0.05) is 25.6 Å². The number of imide groups is 1. The lowest BCUT2D eigenvalue weighted by Gasteiger charge is -2.14. The number of amides is 2. The molecule has 34 heavy (non-hydrogen) atoms. The average molecular weight is 462 g/mol.